The van der Waals surface area contributed by atoms with Crippen molar-refractivity contribution in [3.63, 3.8) is 0 Å². The lowest BCUT2D eigenvalue weighted by molar-refractivity contribution is 0.101. The summed E-state index contributed by atoms with van der Waals surface area (Å²) < 4.78 is 11.0. The van der Waals surface area contributed by atoms with Gasteiger partial charge in [-0.2, -0.15) is 0 Å². The van der Waals surface area contributed by atoms with E-state index in [0.29, 0.717) is 28.5 Å². The molecule has 3 rings (SSSR count). The number of benzene rings is 2. The van der Waals surface area contributed by atoms with Gasteiger partial charge in [0.15, 0.2) is 11.3 Å². The van der Waals surface area contributed by atoms with Gasteiger partial charge in [-0.05, 0) is 31.2 Å². The van der Waals surface area contributed by atoms with Crippen LogP contribution in [0.5, 0.6) is 5.75 Å². The molecule has 0 bridgehead atoms. The minimum Gasteiger partial charge on any atom is -0.494 e. The number of hydrogen-bond acceptors (Lipinski definition) is 3. The van der Waals surface area contributed by atoms with Crippen molar-refractivity contribution in [3.8, 4) is 5.75 Å². The summed E-state index contributed by atoms with van der Waals surface area (Å²) in [7, 11) is 0. The molecule has 0 unspecified atom stereocenters. The normalized spacial score (nSPS) is 10.8. The van der Waals surface area contributed by atoms with E-state index in [1.807, 2.05) is 25.1 Å². The molecule has 4 heteroatoms. The molecule has 0 spiro atoms. The Morgan fingerprint density at radius 2 is 2.00 bits per heavy atom. The second kappa shape index (κ2) is 5.62. The Bertz CT molecular complexity index is 805. The molecular weight excluding hydrogens is 288 g/mol. The van der Waals surface area contributed by atoms with Gasteiger partial charge in [0.2, 0.25) is 5.78 Å². The molecule has 0 aliphatic carbocycles. The number of halogens is 1. The lowest BCUT2D eigenvalue weighted by Crippen LogP contribution is -2.00. The fourth-order valence-corrected chi connectivity index (χ4v) is 2.40. The SMILES string of the molecule is CCOc1cccc(C(=O)c2cc3cccc(Cl)c3o2)c1. The van der Waals surface area contributed by atoms with Crippen LogP contribution >= 0.6 is 11.6 Å². The lowest BCUT2D eigenvalue weighted by atomic mass is 10.1. The number of fused-ring (bicyclic) bond motifs is 1. The molecule has 3 aromatic rings. The zero-order valence-electron chi connectivity index (χ0n) is 11.4. The van der Waals surface area contributed by atoms with Crippen LogP contribution in [0.15, 0.2) is 52.9 Å². The first kappa shape index (κ1) is 13.7. The van der Waals surface area contributed by atoms with Crippen molar-refractivity contribution in [3.05, 3.63) is 64.9 Å². The molecule has 0 N–H and O–H groups in total. The Labute approximate surface area is 127 Å². The molecule has 0 aliphatic rings. The van der Waals surface area contributed by atoms with Crippen molar-refractivity contribution >= 4 is 28.4 Å². The highest BCUT2D eigenvalue weighted by Gasteiger charge is 2.16. The Morgan fingerprint density at radius 3 is 2.76 bits per heavy atom. The Balaban J connectivity index is 2.00. The summed E-state index contributed by atoms with van der Waals surface area (Å²) in [6.45, 7) is 2.45. The molecule has 21 heavy (non-hydrogen) atoms. The number of para-hydroxylation sites is 1. The van der Waals surface area contributed by atoms with E-state index in [4.69, 9.17) is 20.8 Å². The van der Waals surface area contributed by atoms with Crippen molar-refractivity contribution in [2.45, 2.75) is 6.92 Å². The minimum absolute atomic E-state index is 0.191. The van der Waals surface area contributed by atoms with Gasteiger partial charge in [0.1, 0.15) is 5.75 Å². The third-order valence-corrected chi connectivity index (χ3v) is 3.42. The van der Waals surface area contributed by atoms with Gasteiger partial charge in [0.05, 0.1) is 11.6 Å². The summed E-state index contributed by atoms with van der Waals surface area (Å²) in [6.07, 6.45) is 0. The van der Waals surface area contributed by atoms with Crippen LogP contribution < -0.4 is 4.74 Å². The van der Waals surface area contributed by atoms with Gasteiger partial charge in [0, 0.05) is 10.9 Å². The Morgan fingerprint density at radius 1 is 1.19 bits per heavy atom. The molecule has 0 saturated heterocycles. The third-order valence-electron chi connectivity index (χ3n) is 3.13. The van der Waals surface area contributed by atoms with Crippen LogP contribution in [0.2, 0.25) is 5.02 Å². The highest BCUT2D eigenvalue weighted by Crippen LogP contribution is 2.28. The summed E-state index contributed by atoms with van der Waals surface area (Å²) >= 11 is 6.06. The van der Waals surface area contributed by atoms with E-state index in [1.54, 1.807) is 30.3 Å². The maximum absolute atomic E-state index is 12.5. The summed E-state index contributed by atoms with van der Waals surface area (Å²) in [5, 5.41) is 1.31. The largest absolute Gasteiger partial charge is 0.494 e. The number of furan rings is 1. The average Bonchev–Trinajstić information content (AvgIpc) is 2.93. The van der Waals surface area contributed by atoms with Gasteiger partial charge in [-0.1, -0.05) is 35.9 Å². The molecular formula is C17H13ClO3. The second-order valence-corrected chi connectivity index (χ2v) is 4.97. The van der Waals surface area contributed by atoms with Gasteiger partial charge in [0.25, 0.3) is 0 Å². The molecule has 0 aliphatic heterocycles. The van der Waals surface area contributed by atoms with Gasteiger partial charge >= 0.3 is 0 Å². The standard InChI is InChI=1S/C17H13ClO3/c1-2-20-13-7-3-5-11(9-13)16(19)15-10-12-6-4-8-14(18)17(12)21-15/h3-10H,2H2,1H3. The molecule has 0 atom stereocenters. The fourth-order valence-electron chi connectivity index (χ4n) is 2.18. The van der Waals surface area contributed by atoms with Gasteiger partial charge in [-0.15, -0.1) is 0 Å². The molecule has 106 valence electrons. The van der Waals surface area contributed by atoms with Crippen LogP contribution in [-0.4, -0.2) is 12.4 Å². The number of carbonyl (C=O) groups excluding carboxylic acids is 1. The second-order valence-electron chi connectivity index (χ2n) is 4.56. The van der Waals surface area contributed by atoms with E-state index < -0.39 is 0 Å². The topological polar surface area (TPSA) is 39.4 Å². The smallest absolute Gasteiger partial charge is 0.228 e. The van der Waals surface area contributed by atoms with Crippen LogP contribution in [0.1, 0.15) is 23.0 Å². The predicted octanol–water partition coefficient (Wildman–Crippen LogP) is 4.72. The van der Waals surface area contributed by atoms with E-state index in [2.05, 4.69) is 0 Å². The van der Waals surface area contributed by atoms with Gasteiger partial charge < -0.3 is 9.15 Å². The fraction of sp³-hybridized carbons (Fsp3) is 0.118. The number of carbonyl (C=O) groups is 1. The third kappa shape index (κ3) is 2.65. The molecule has 1 aromatic heterocycles. The molecule has 3 nitrogen and oxygen atoms in total. The monoisotopic (exact) mass is 300 g/mol. The van der Waals surface area contributed by atoms with E-state index in [1.165, 1.54) is 0 Å². The Kier molecular flexibility index (Phi) is 3.67. The first-order valence-electron chi connectivity index (χ1n) is 6.64. The number of hydrogen-bond donors (Lipinski definition) is 0. The first-order valence-corrected chi connectivity index (χ1v) is 7.02. The minimum atomic E-state index is -0.191. The molecule has 2 aromatic carbocycles. The van der Waals surface area contributed by atoms with Crippen molar-refractivity contribution in [1.82, 2.24) is 0 Å². The van der Waals surface area contributed by atoms with Gasteiger partial charge in [-0.25, -0.2) is 0 Å². The maximum Gasteiger partial charge on any atom is 0.228 e. The highest BCUT2D eigenvalue weighted by molar-refractivity contribution is 6.35. The predicted molar refractivity (Wildman–Crippen MR) is 82.3 cm³/mol. The molecule has 0 saturated carbocycles. The average molecular weight is 301 g/mol. The van der Waals surface area contributed by atoms with Crippen molar-refractivity contribution in [2.75, 3.05) is 6.61 Å². The first-order chi connectivity index (χ1) is 10.2. The molecule has 0 fully saturated rings. The van der Waals surface area contributed by atoms with Gasteiger partial charge in [-0.3, -0.25) is 4.79 Å². The van der Waals surface area contributed by atoms with Crippen LogP contribution in [0, 0.1) is 0 Å². The summed E-state index contributed by atoms with van der Waals surface area (Å²) in [5.74, 6) is 0.744. The van der Waals surface area contributed by atoms with Crippen LogP contribution in [0.4, 0.5) is 0 Å². The molecule has 1 heterocycles. The lowest BCUT2D eigenvalue weighted by Gasteiger charge is -2.04. The number of ether oxygens (including phenoxy) is 1. The quantitative estimate of drug-likeness (QED) is 0.655. The highest BCUT2D eigenvalue weighted by atomic mass is 35.5. The van der Waals surface area contributed by atoms with E-state index in [-0.39, 0.29) is 11.5 Å². The summed E-state index contributed by atoms with van der Waals surface area (Å²) in [4.78, 5) is 12.5. The zero-order valence-corrected chi connectivity index (χ0v) is 12.2. The summed E-state index contributed by atoms with van der Waals surface area (Å²) in [6, 6.07) is 14.2. The zero-order chi connectivity index (χ0) is 14.8. The molecule has 0 amide bonds. The Hall–Kier alpha value is -2.26. The van der Waals surface area contributed by atoms with Crippen LogP contribution in [-0.2, 0) is 0 Å². The van der Waals surface area contributed by atoms with Crippen molar-refractivity contribution < 1.29 is 13.9 Å². The van der Waals surface area contributed by atoms with E-state index in [0.717, 1.165) is 5.39 Å². The van der Waals surface area contributed by atoms with Crippen molar-refractivity contribution in [2.24, 2.45) is 0 Å². The van der Waals surface area contributed by atoms with Crippen molar-refractivity contribution in [1.29, 1.82) is 0 Å². The number of rotatable bonds is 4. The maximum atomic E-state index is 12.5. The number of ketones is 1. The van der Waals surface area contributed by atoms with Crippen LogP contribution in [0.3, 0.4) is 0 Å². The van der Waals surface area contributed by atoms with E-state index in [9.17, 15) is 4.79 Å². The molecule has 0 radical (unpaired) electrons. The summed E-state index contributed by atoms with van der Waals surface area (Å²) in [5.41, 5.74) is 1.06. The van der Waals surface area contributed by atoms with E-state index >= 15 is 0 Å². The van der Waals surface area contributed by atoms with Crippen LogP contribution in [0.25, 0.3) is 11.0 Å².